The van der Waals surface area contributed by atoms with Crippen LogP contribution in [0.4, 0.5) is 0 Å². The number of para-hydroxylation sites is 1. The molecular weight excluding hydrogens is 300 g/mol. The molecule has 1 aromatic heterocycles. The Balaban J connectivity index is 1.51. The molecule has 5 heteroatoms. The van der Waals surface area contributed by atoms with Crippen molar-refractivity contribution in [3.05, 3.63) is 65.0 Å². The van der Waals surface area contributed by atoms with Gasteiger partial charge in [-0.1, -0.05) is 29.8 Å². The quantitative estimate of drug-likeness (QED) is 0.883. The Kier molecular flexibility index (Phi) is 4.39. The third-order valence-electron chi connectivity index (χ3n) is 3.40. The smallest absolute Gasteiger partial charge is 0.244 e. The van der Waals surface area contributed by atoms with Gasteiger partial charge in [0.1, 0.15) is 11.9 Å². The van der Waals surface area contributed by atoms with Crippen molar-refractivity contribution in [3.8, 4) is 5.75 Å². The van der Waals surface area contributed by atoms with E-state index in [4.69, 9.17) is 16.3 Å². The highest BCUT2D eigenvalue weighted by Gasteiger charge is 2.24. The van der Waals surface area contributed by atoms with E-state index in [-0.39, 0.29) is 12.0 Å². The number of ether oxygens (including phenoxy) is 1. The van der Waals surface area contributed by atoms with Gasteiger partial charge in [0.15, 0.2) is 0 Å². The fourth-order valence-corrected chi connectivity index (χ4v) is 2.57. The largest absolute Gasteiger partial charge is 0.486 e. The summed E-state index contributed by atoms with van der Waals surface area (Å²) in [6, 6.07) is 9.41. The lowest BCUT2D eigenvalue weighted by Gasteiger charge is -2.11. The van der Waals surface area contributed by atoms with Crippen molar-refractivity contribution in [2.75, 3.05) is 6.54 Å². The van der Waals surface area contributed by atoms with E-state index in [1.165, 1.54) is 6.08 Å². The van der Waals surface area contributed by atoms with Gasteiger partial charge >= 0.3 is 0 Å². The molecule has 2 heterocycles. The van der Waals surface area contributed by atoms with Crippen LogP contribution in [-0.4, -0.2) is 23.5 Å². The molecule has 22 heavy (non-hydrogen) atoms. The highest BCUT2D eigenvalue weighted by atomic mass is 35.5. The first kappa shape index (κ1) is 14.6. The molecule has 4 nitrogen and oxygen atoms in total. The van der Waals surface area contributed by atoms with Crippen molar-refractivity contribution in [2.45, 2.75) is 12.5 Å². The summed E-state index contributed by atoms with van der Waals surface area (Å²) in [7, 11) is 0. The second-order valence-electron chi connectivity index (χ2n) is 5.04. The fourth-order valence-electron chi connectivity index (χ4n) is 2.33. The summed E-state index contributed by atoms with van der Waals surface area (Å²) in [4.78, 5) is 15.8. The van der Waals surface area contributed by atoms with Crippen LogP contribution in [-0.2, 0) is 11.2 Å². The number of rotatable bonds is 4. The lowest BCUT2D eigenvalue weighted by molar-refractivity contribution is -0.116. The van der Waals surface area contributed by atoms with Crippen molar-refractivity contribution in [3.63, 3.8) is 0 Å². The van der Waals surface area contributed by atoms with Crippen molar-refractivity contribution >= 4 is 23.6 Å². The monoisotopic (exact) mass is 314 g/mol. The van der Waals surface area contributed by atoms with E-state index >= 15 is 0 Å². The van der Waals surface area contributed by atoms with Crippen LogP contribution in [0.3, 0.4) is 0 Å². The summed E-state index contributed by atoms with van der Waals surface area (Å²) in [5, 5.41) is 3.45. The Morgan fingerprint density at radius 1 is 1.41 bits per heavy atom. The fraction of sp³-hybridized carbons (Fsp3) is 0.176. The van der Waals surface area contributed by atoms with Crippen molar-refractivity contribution in [1.82, 2.24) is 10.3 Å². The second-order valence-corrected chi connectivity index (χ2v) is 5.44. The SMILES string of the molecule is O=C(C=Cc1cccnc1)NCC1Cc2cccc(Cl)c2O1. The van der Waals surface area contributed by atoms with E-state index in [0.29, 0.717) is 11.6 Å². The van der Waals surface area contributed by atoms with Crippen LogP contribution in [0.15, 0.2) is 48.8 Å². The number of amides is 1. The number of pyridine rings is 1. The lowest BCUT2D eigenvalue weighted by atomic mass is 10.1. The van der Waals surface area contributed by atoms with Gasteiger partial charge in [0, 0.05) is 24.9 Å². The number of hydrogen-bond acceptors (Lipinski definition) is 3. The minimum Gasteiger partial charge on any atom is -0.486 e. The zero-order chi connectivity index (χ0) is 15.4. The molecule has 112 valence electrons. The van der Waals surface area contributed by atoms with Gasteiger partial charge in [-0.2, -0.15) is 0 Å². The summed E-state index contributed by atoms with van der Waals surface area (Å²) in [6.45, 7) is 0.446. The summed E-state index contributed by atoms with van der Waals surface area (Å²) >= 11 is 6.09. The van der Waals surface area contributed by atoms with Crippen molar-refractivity contribution < 1.29 is 9.53 Å². The van der Waals surface area contributed by atoms with E-state index < -0.39 is 0 Å². The second kappa shape index (κ2) is 6.62. The highest BCUT2D eigenvalue weighted by Crippen LogP contribution is 2.35. The minimum atomic E-state index is -0.158. The molecule has 1 amide bonds. The summed E-state index contributed by atoms with van der Waals surface area (Å²) in [5.41, 5.74) is 1.96. The third kappa shape index (κ3) is 3.46. The first-order valence-electron chi connectivity index (χ1n) is 7.02. The molecule has 0 bridgehead atoms. The number of nitrogens with one attached hydrogen (secondary N) is 1. The van der Waals surface area contributed by atoms with E-state index in [9.17, 15) is 4.79 Å². The van der Waals surface area contributed by atoms with Crippen LogP contribution in [0.1, 0.15) is 11.1 Å². The minimum absolute atomic E-state index is 0.0781. The van der Waals surface area contributed by atoms with Gasteiger partial charge in [-0.15, -0.1) is 0 Å². The molecule has 1 atom stereocenters. The molecular formula is C17H15ClN2O2. The predicted molar refractivity (Wildman–Crippen MR) is 85.9 cm³/mol. The van der Waals surface area contributed by atoms with Gasteiger partial charge in [-0.25, -0.2) is 0 Å². The van der Waals surface area contributed by atoms with Gasteiger partial charge < -0.3 is 10.1 Å². The molecule has 2 aromatic rings. The van der Waals surface area contributed by atoms with E-state index in [1.54, 1.807) is 24.5 Å². The molecule has 1 N–H and O–H groups in total. The van der Waals surface area contributed by atoms with E-state index in [2.05, 4.69) is 10.3 Å². The number of halogens is 1. The topological polar surface area (TPSA) is 51.2 Å². The van der Waals surface area contributed by atoms with Gasteiger partial charge in [-0.05, 0) is 29.3 Å². The Morgan fingerprint density at radius 3 is 3.09 bits per heavy atom. The van der Waals surface area contributed by atoms with Gasteiger partial charge in [-0.3, -0.25) is 9.78 Å². The molecule has 0 saturated heterocycles. The lowest BCUT2D eigenvalue weighted by Crippen LogP contribution is -2.33. The predicted octanol–water partition coefficient (Wildman–Crippen LogP) is 2.87. The van der Waals surface area contributed by atoms with Gasteiger partial charge in [0.25, 0.3) is 0 Å². The first-order valence-corrected chi connectivity index (χ1v) is 7.40. The van der Waals surface area contributed by atoms with Crippen molar-refractivity contribution in [1.29, 1.82) is 0 Å². The Hall–Kier alpha value is -2.33. The van der Waals surface area contributed by atoms with E-state index in [1.807, 2.05) is 24.3 Å². The molecule has 0 fully saturated rings. The van der Waals surface area contributed by atoms with E-state index in [0.717, 1.165) is 23.3 Å². The van der Waals surface area contributed by atoms with Crippen LogP contribution in [0.2, 0.25) is 5.02 Å². The number of hydrogen-bond donors (Lipinski definition) is 1. The molecule has 1 unspecified atom stereocenters. The number of carbonyl (C=O) groups excluding carboxylic acids is 1. The van der Waals surface area contributed by atoms with Gasteiger partial charge in [0.2, 0.25) is 5.91 Å². The van der Waals surface area contributed by atoms with Crippen LogP contribution >= 0.6 is 11.6 Å². The first-order chi connectivity index (χ1) is 10.7. The molecule has 3 rings (SSSR count). The molecule has 0 aliphatic carbocycles. The molecule has 0 saturated carbocycles. The maximum Gasteiger partial charge on any atom is 0.244 e. The number of carbonyl (C=O) groups is 1. The van der Waals surface area contributed by atoms with Crippen molar-refractivity contribution in [2.24, 2.45) is 0 Å². The standard InChI is InChI=1S/C17H15ClN2O2/c18-15-5-1-4-13-9-14(22-17(13)15)11-20-16(21)7-6-12-3-2-8-19-10-12/h1-8,10,14H,9,11H2,(H,20,21). The summed E-state index contributed by atoms with van der Waals surface area (Å²) in [5.74, 6) is 0.573. The number of benzene rings is 1. The molecule has 0 spiro atoms. The Labute approximate surface area is 133 Å². The zero-order valence-corrected chi connectivity index (χ0v) is 12.6. The van der Waals surface area contributed by atoms with Gasteiger partial charge in [0.05, 0.1) is 11.6 Å². The summed E-state index contributed by atoms with van der Waals surface area (Å²) in [6.07, 6.45) is 7.28. The molecule has 1 aliphatic rings. The molecule has 1 aliphatic heterocycles. The Morgan fingerprint density at radius 2 is 2.32 bits per heavy atom. The number of fused-ring (bicyclic) bond motifs is 1. The molecule has 0 radical (unpaired) electrons. The maximum absolute atomic E-state index is 11.8. The summed E-state index contributed by atoms with van der Waals surface area (Å²) < 4.78 is 5.77. The van der Waals surface area contributed by atoms with Crippen LogP contribution in [0, 0.1) is 0 Å². The molecule has 1 aromatic carbocycles. The Bertz CT molecular complexity index is 701. The third-order valence-corrected chi connectivity index (χ3v) is 3.69. The number of nitrogens with zero attached hydrogens (tertiary/aromatic N) is 1. The maximum atomic E-state index is 11.8. The van der Waals surface area contributed by atoms with Crippen LogP contribution in [0.5, 0.6) is 5.75 Å². The normalized spacial score (nSPS) is 16.3. The highest BCUT2D eigenvalue weighted by molar-refractivity contribution is 6.32. The van der Waals surface area contributed by atoms with Crippen LogP contribution < -0.4 is 10.1 Å². The number of aromatic nitrogens is 1. The average molecular weight is 315 g/mol. The van der Waals surface area contributed by atoms with Crippen LogP contribution in [0.25, 0.3) is 6.08 Å². The zero-order valence-electron chi connectivity index (χ0n) is 11.8. The average Bonchev–Trinajstić information content (AvgIpc) is 2.96.